The van der Waals surface area contributed by atoms with Crippen LogP contribution in [0.2, 0.25) is 0 Å². The molecule has 0 saturated carbocycles. The highest BCUT2D eigenvalue weighted by molar-refractivity contribution is 6.04. The van der Waals surface area contributed by atoms with E-state index in [9.17, 15) is 9.59 Å². The van der Waals surface area contributed by atoms with Crippen LogP contribution in [-0.4, -0.2) is 26.6 Å². The van der Waals surface area contributed by atoms with Crippen molar-refractivity contribution in [3.05, 3.63) is 108 Å². The molecule has 2 heterocycles. The zero-order valence-electron chi connectivity index (χ0n) is 16.9. The summed E-state index contributed by atoms with van der Waals surface area (Å²) in [5, 5.41) is 10.0. The zero-order valence-corrected chi connectivity index (χ0v) is 16.9. The fraction of sp³-hybridized carbons (Fsp3) is 0.0833. The number of carbonyl (C=O) groups excluding carboxylic acids is 2. The molecule has 31 heavy (non-hydrogen) atoms. The summed E-state index contributed by atoms with van der Waals surface area (Å²) in [6.07, 6.45) is 6.86. The van der Waals surface area contributed by atoms with Crippen LogP contribution in [0, 0.1) is 6.92 Å². The maximum atomic E-state index is 12.5. The Labute approximate surface area is 179 Å². The predicted octanol–water partition coefficient (Wildman–Crippen LogP) is 3.76. The van der Waals surface area contributed by atoms with E-state index in [-0.39, 0.29) is 11.8 Å². The van der Waals surface area contributed by atoms with Crippen LogP contribution in [-0.2, 0) is 6.54 Å². The van der Waals surface area contributed by atoms with Crippen molar-refractivity contribution in [1.29, 1.82) is 0 Å². The van der Waals surface area contributed by atoms with E-state index in [0.717, 1.165) is 16.8 Å². The van der Waals surface area contributed by atoms with Gasteiger partial charge in [-0.05, 0) is 66.6 Å². The van der Waals surface area contributed by atoms with Gasteiger partial charge in [0.2, 0.25) is 0 Å². The molecule has 0 spiro atoms. The first-order valence-corrected chi connectivity index (χ1v) is 9.79. The molecule has 0 aliphatic rings. The third-order valence-electron chi connectivity index (χ3n) is 4.69. The van der Waals surface area contributed by atoms with Crippen molar-refractivity contribution in [2.24, 2.45) is 0 Å². The van der Waals surface area contributed by atoms with E-state index in [1.165, 1.54) is 0 Å². The van der Waals surface area contributed by atoms with Gasteiger partial charge in [-0.1, -0.05) is 12.1 Å². The Balaban J connectivity index is 1.36. The number of hydrogen-bond donors (Lipinski definition) is 2. The summed E-state index contributed by atoms with van der Waals surface area (Å²) in [5.41, 5.74) is 4.59. The molecule has 0 unspecified atom stereocenters. The van der Waals surface area contributed by atoms with Crippen LogP contribution in [0.4, 0.5) is 5.69 Å². The smallest absolute Gasteiger partial charge is 0.255 e. The highest BCUT2D eigenvalue weighted by Crippen LogP contribution is 2.13. The van der Waals surface area contributed by atoms with Crippen molar-refractivity contribution in [2.45, 2.75) is 13.5 Å². The summed E-state index contributed by atoms with van der Waals surface area (Å²) >= 11 is 0. The molecule has 2 N–H and O–H groups in total. The summed E-state index contributed by atoms with van der Waals surface area (Å²) in [6.45, 7) is 2.32. The minimum atomic E-state index is -0.212. The third kappa shape index (κ3) is 5.02. The van der Waals surface area contributed by atoms with Gasteiger partial charge < -0.3 is 10.6 Å². The second kappa shape index (κ2) is 9.04. The molecule has 0 saturated heterocycles. The van der Waals surface area contributed by atoms with E-state index in [0.29, 0.717) is 23.4 Å². The average Bonchev–Trinajstić information content (AvgIpc) is 3.24. The van der Waals surface area contributed by atoms with Gasteiger partial charge in [0.25, 0.3) is 11.8 Å². The Hall–Kier alpha value is -4.26. The summed E-state index contributed by atoms with van der Waals surface area (Å²) in [4.78, 5) is 28.7. The van der Waals surface area contributed by atoms with Gasteiger partial charge in [-0.15, -0.1) is 0 Å². The van der Waals surface area contributed by atoms with Crippen LogP contribution < -0.4 is 10.6 Å². The van der Waals surface area contributed by atoms with Gasteiger partial charge in [0.1, 0.15) is 0 Å². The number of carbonyl (C=O) groups is 2. The third-order valence-corrected chi connectivity index (χ3v) is 4.69. The first-order valence-electron chi connectivity index (χ1n) is 9.79. The number of nitrogens with zero attached hydrogens (tertiary/aromatic N) is 3. The standard InChI is InChI=1S/C24H21N5O2/c1-17-14-27-29(16-17)22-7-5-19(6-8-22)23(30)26-15-18-3-2-4-21(13-18)28-24(31)20-9-11-25-12-10-20/h2-14,16H,15H2,1H3,(H,26,30)(H,28,31). The SMILES string of the molecule is Cc1cnn(-c2ccc(C(=O)NCc3cccc(NC(=O)c4ccncc4)c3)cc2)c1. The van der Waals surface area contributed by atoms with Crippen LogP contribution in [0.15, 0.2) is 85.5 Å². The summed E-state index contributed by atoms with van der Waals surface area (Å²) < 4.78 is 1.77. The number of benzene rings is 2. The summed E-state index contributed by atoms with van der Waals surface area (Å²) in [5.74, 6) is -0.384. The van der Waals surface area contributed by atoms with Crippen LogP contribution in [0.1, 0.15) is 31.8 Å². The summed E-state index contributed by atoms with van der Waals surface area (Å²) in [6, 6.07) is 17.9. The molecule has 4 aromatic rings. The lowest BCUT2D eigenvalue weighted by Crippen LogP contribution is -2.22. The van der Waals surface area contributed by atoms with Gasteiger partial charge in [-0.2, -0.15) is 5.10 Å². The molecule has 7 nitrogen and oxygen atoms in total. The normalized spacial score (nSPS) is 10.5. The van der Waals surface area contributed by atoms with Crippen molar-refractivity contribution in [3.63, 3.8) is 0 Å². The zero-order chi connectivity index (χ0) is 21.6. The quantitative estimate of drug-likeness (QED) is 0.506. The molecule has 154 valence electrons. The molecule has 2 aromatic carbocycles. The van der Waals surface area contributed by atoms with Gasteiger partial charge in [0, 0.05) is 41.9 Å². The highest BCUT2D eigenvalue weighted by atomic mass is 16.2. The number of nitrogens with one attached hydrogen (secondary N) is 2. The molecule has 0 aliphatic heterocycles. The number of pyridine rings is 1. The van der Waals surface area contributed by atoms with Gasteiger partial charge in [0.05, 0.1) is 11.9 Å². The highest BCUT2D eigenvalue weighted by Gasteiger charge is 2.08. The molecule has 2 amide bonds. The lowest BCUT2D eigenvalue weighted by Gasteiger charge is -2.09. The van der Waals surface area contributed by atoms with Crippen LogP contribution in [0.25, 0.3) is 5.69 Å². The Morgan fingerprint density at radius 2 is 1.68 bits per heavy atom. The second-order valence-corrected chi connectivity index (χ2v) is 7.08. The number of aromatic nitrogens is 3. The first-order chi connectivity index (χ1) is 15.1. The lowest BCUT2D eigenvalue weighted by molar-refractivity contribution is 0.0950. The van der Waals surface area contributed by atoms with E-state index >= 15 is 0 Å². The minimum Gasteiger partial charge on any atom is -0.348 e. The molecule has 0 radical (unpaired) electrons. The van der Waals surface area contributed by atoms with Crippen molar-refractivity contribution in [1.82, 2.24) is 20.1 Å². The van der Waals surface area contributed by atoms with Gasteiger partial charge >= 0.3 is 0 Å². The van der Waals surface area contributed by atoms with Gasteiger partial charge in [0.15, 0.2) is 0 Å². The molecule has 7 heteroatoms. The van der Waals surface area contributed by atoms with Crippen molar-refractivity contribution in [3.8, 4) is 5.69 Å². The number of hydrogen-bond acceptors (Lipinski definition) is 4. The Morgan fingerprint density at radius 1 is 0.935 bits per heavy atom. The number of rotatable bonds is 6. The van der Waals surface area contributed by atoms with Gasteiger partial charge in [-0.25, -0.2) is 4.68 Å². The van der Waals surface area contributed by atoms with Crippen LogP contribution >= 0.6 is 0 Å². The minimum absolute atomic E-state index is 0.172. The maximum Gasteiger partial charge on any atom is 0.255 e. The lowest BCUT2D eigenvalue weighted by atomic mass is 10.1. The molecule has 0 fully saturated rings. The van der Waals surface area contributed by atoms with Crippen molar-refractivity contribution >= 4 is 17.5 Å². The molecule has 0 bridgehead atoms. The molecule has 0 aliphatic carbocycles. The van der Waals surface area contributed by atoms with E-state index in [4.69, 9.17) is 0 Å². The number of amides is 2. The van der Waals surface area contributed by atoms with Crippen molar-refractivity contribution in [2.75, 3.05) is 5.32 Å². The fourth-order valence-electron chi connectivity index (χ4n) is 3.07. The maximum absolute atomic E-state index is 12.5. The molecule has 2 aromatic heterocycles. The Bertz CT molecular complexity index is 1200. The predicted molar refractivity (Wildman–Crippen MR) is 118 cm³/mol. The Kier molecular flexibility index (Phi) is 5.84. The van der Waals surface area contributed by atoms with E-state index in [2.05, 4.69) is 20.7 Å². The molecular formula is C24H21N5O2. The van der Waals surface area contributed by atoms with Crippen molar-refractivity contribution < 1.29 is 9.59 Å². The van der Waals surface area contributed by atoms with E-state index in [1.807, 2.05) is 43.5 Å². The largest absolute Gasteiger partial charge is 0.348 e. The second-order valence-electron chi connectivity index (χ2n) is 7.08. The van der Waals surface area contributed by atoms with Crippen LogP contribution in [0.3, 0.4) is 0 Å². The number of aryl methyl sites for hydroxylation is 1. The Morgan fingerprint density at radius 3 is 2.39 bits per heavy atom. The fourth-order valence-corrected chi connectivity index (χ4v) is 3.07. The molecule has 0 atom stereocenters. The molecular weight excluding hydrogens is 390 g/mol. The summed E-state index contributed by atoms with van der Waals surface area (Å²) in [7, 11) is 0. The van der Waals surface area contributed by atoms with Gasteiger partial charge in [-0.3, -0.25) is 14.6 Å². The topological polar surface area (TPSA) is 88.9 Å². The monoisotopic (exact) mass is 411 g/mol. The molecule has 4 rings (SSSR count). The van der Waals surface area contributed by atoms with E-state index in [1.54, 1.807) is 53.6 Å². The first kappa shape index (κ1) is 20.0. The van der Waals surface area contributed by atoms with E-state index < -0.39 is 0 Å². The number of anilines is 1. The van der Waals surface area contributed by atoms with Crippen LogP contribution in [0.5, 0.6) is 0 Å². The average molecular weight is 411 g/mol.